The largest absolute Gasteiger partial charge is 0.459 e. The van der Waals surface area contributed by atoms with E-state index in [1.807, 2.05) is 6.92 Å². The van der Waals surface area contributed by atoms with E-state index in [-0.39, 0.29) is 12.1 Å². The minimum atomic E-state index is -0.434. The summed E-state index contributed by atoms with van der Waals surface area (Å²) >= 11 is 0. The van der Waals surface area contributed by atoms with Crippen molar-refractivity contribution in [2.45, 2.75) is 98.6 Å². The molecule has 0 amide bonds. The van der Waals surface area contributed by atoms with E-state index >= 15 is 0 Å². The Balaban J connectivity index is 1.68. The molecule has 0 N–H and O–H groups in total. The van der Waals surface area contributed by atoms with Crippen LogP contribution in [0.2, 0.25) is 0 Å². The van der Waals surface area contributed by atoms with Gasteiger partial charge in [0.15, 0.2) is 17.1 Å². The van der Waals surface area contributed by atoms with Crippen molar-refractivity contribution in [3.63, 3.8) is 0 Å². The van der Waals surface area contributed by atoms with Gasteiger partial charge in [-0.15, -0.1) is 0 Å². The molecular formula is C35H52N3O2+. The second-order valence-corrected chi connectivity index (χ2v) is 12.5. The topological polar surface area (TPSA) is 38.4 Å². The Morgan fingerprint density at radius 2 is 1.65 bits per heavy atom. The first-order chi connectivity index (χ1) is 19.3. The fourth-order valence-corrected chi connectivity index (χ4v) is 6.56. The van der Waals surface area contributed by atoms with Gasteiger partial charge in [-0.3, -0.25) is 0 Å². The Labute approximate surface area is 242 Å². The van der Waals surface area contributed by atoms with Crippen LogP contribution >= 0.6 is 0 Å². The van der Waals surface area contributed by atoms with Gasteiger partial charge in [0.25, 0.3) is 5.82 Å². The van der Waals surface area contributed by atoms with Gasteiger partial charge < -0.3 is 9.64 Å². The molecule has 1 saturated carbocycles. The summed E-state index contributed by atoms with van der Waals surface area (Å²) < 4.78 is 10.8. The highest BCUT2D eigenvalue weighted by Crippen LogP contribution is 2.36. The average molecular weight is 547 g/mol. The van der Waals surface area contributed by atoms with Crippen molar-refractivity contribution < 1.29 is 14.1 Å². The highest BCUT2D eigenvalue weighted by atomic mass is 16.5. The summed E-state index contributed by atoms with van der Waals surface area (Å²) in [7, 11) is 2.10. The number of hydrogen-bond acceptors (Lipinski definition) is 3. The monoisotopic (exact) mass is 546 g/mol. The number of unbranched alkanes of at least 4 members (excludes halogenated alkanes) is 2. The van der Waals surface area contributed by atoms with Gasteiger partial charge >= 0.3 is 5.97 Å². The van der Waals surface area contributed by atoms with Crippen molar-refractivity contribution in [1.82, 2.24) is 4.57 Å². The summed E-state index contributed by atoms with van der Waals surface area (Å²) in [4.78, 5) is 16.3. The first-order valence-electron chi connectivity index (χ1n) is 15.8. The smallest absolute Gasteiger partial charge is 0.351 e. The molecule has 0 bridgehead atoms. The number of carbonyl (C=O) groups is 1. The standard InChI is InChI=1S/C35H52N3O2/c1-8-10-22-37(23-11-9-2)29-19-17-28(18-20-29)34-36(7)31-14-12-13-15-32(31)38(34)27(6)35(39)40-33-24-26(5)16-21-30(33)25(3)4/h12-15,17-20,25-27,30,33H,8-11,16,21-24H2,1-7H3/q+1/t26-,27-,30+,33-/m1/s1. The Hall–Kier alpha value is -2.82. The normalized spacial score (nSPS) is 20.1. The number of aromatic nitrogens is 2. The lowest BCUT2D eigenvalue weighted by molar-refractivity contribution is -0.634. The second-order valence-electron chi connectivity index (χ2n) is 12.5. The molecule has 0 spiro atoms. The zero-order valence-electron chi connectivity index (χ0n) is 26.0. The first-order valence-corrected chi connectivity index (χ1v) is 15.8. The van der Waals surface area contributed by atoms with Crippen LogP contribution in [0.4, 0.5) is 5.69 Å². The van der Waals surface area contributed by atoms with Gasteiger partial charge in [0.05, 0.1) is 12.6 Å². The number of ether oxygens (including phenoxy) is 1. The SMILES string of the molecule is CCCCN(CCCC)c1ccc(-c2n([C@H](C)C(=O)O[C@@H]3C[C@H](C)CC[C@H]3C(C)C)c3ccccc3[n+]2C)cc1. The predicted octanol–water partition coefficient (Wildman–Crippen LogP) is 8.10. The molecule has 0 radical (unpaired) electrons. The van der Waals surface area contributed by atoms with Gasteiger partial charge in [0, 0.05) is 18.8 Å². The number of aryl methyl sites for hydroxylation is 1. The molecule has 1 aliphatic rings. The highest BCUT2D eigenvalue weighted by Gasteiger charge is 2.37. The van der Waals surface area contributed by atoms with Crippen molar-refractivity contribution in [1.29, 1.82) is 0 Å². The van der Waals surface area contributed by atoms with Crippen molar-refractivity contribution in [2.24, 2.45) is 24.8 Å². The van der Waals surface area contributed by atoms with E-state index < -0.39 is 6.04 Å². The molecule has 40 heavy (non-hydrogen) atoms. The molecule has 5 heteroatoms. The van der Waals surface area contributed by atoms with Gasteiger partial charge in [-0.25, -0.2) is 13.9 Å². The minimum Gasteiger partial charge on any atom is -0.459 e. The number of carbonyl (C=O) groups excluding carboxylic acids is 1. The minimum absolute atomic E-state index is 0.00534. The van der Waals surface area contributed by atoms with E-state index in [2.05, 4.69) is 104 Å². The van der Waals surface area contributed by atoms with E-state index in [0.29, 0.717) is 17.8 Å². The van der Waals surface area contributed by atoms with Gasteiger partial charge in [0.2, 0.25) is 0 Å². The fraction of sp³-hybridized carbons (Fsp3) is 0.600. The number of esters is 1. The first kappa shape index (κ1) is 30.1. The third-order valence-electron chi connectivity index (χ3n) is 9.06. The molecule has 5 nitrogen and oxygen atoms in total. The summed E-state index contributed by atoms with van der Waals surface area (Å²) in [5.74, 6) is 2.43. The van der Waals surface area contributed by atoms with Crippen LogP contribution in [0.5, 0.6) is 0 Å². The van der Waals surface area contributed by atoms with E-state index in [1.165, 1.54) is 37.8 Å². The molecule has 0 aliphatic heterocycles. The number of fused-ring (bicyclic) bond motifs is 1. The maximum Gasteiger partial charge on any atom is 0.351 e. The molecule has 1 fully saturated rings. The van der Waals surface area contributed by atoms with Crippen molar-refractivity contribution in [3.05, 3.63) is 48.5 Å². The van der Waals surface area contributed by atoms with Crippen molar-refractivity contribution >= 4 is 22.7 Å². The van der Waals surface area contributed by atoms with E-state index in [0.717, 1.165) is 48.4 Å². The van der Waals surface area contributed by atoms with Crippen LogP contribution < -0.4 is 9.47 Å². The number of hydrogen-bond donors (Lipinski definition) is 0. The maximum atomic E-state index is 13.8. The van der Waals surface area contributed by atoms with Crippen LogP contribution in [0.25, 0.3) is 22.4 Å². The Morgan fingerprint density at radius 3 is 2.27 bits per heavy atom. The van der Waals surface area contributed by atoms with E-state index in [4.69, 9.17) is 4.74 Å². The van der Waals surface area contributed by atoms with Crippen molar-refractivity contribution in [2.75, 3.05) is 18.0 Å². The van der Waals surface area contributed by atoms with Gasteiger partial charge in [-0.2, -0.15) is 0 Å². The molecule has 2 aromatic carbocycles. The third kappa shape index (κ3) is 6.56. The van der Waals surface area contributed by atoms with Crippen LogP contribution in [0.15, 0.2) is 48.5 Å². The predicted molar refractivity (Wildman–Crippen MR) is 167 cm³/mol. The number of imidazole rings is 1. The summed E-state index contributed by atoms with van der Waals surface area (Å²) in [5, 5.41) is 0. The highest BCUT2D eigenvalue weighted by molar-refractivity contribution is 5.82. The van der Waals surface area contributed by atoms with Crippen LogP contribution in [0.1, 0.15) is 92.5 Å². The van der Waals surface area contributed by atoms with Gasteiger partial charge in [0.1, 0.15) is 6.10 Å². The zero-order chi connectivity index (χ0) is 28.8. The number of para-hydroxylation sites is 2. The molecule has 1 aromatic heterocycles. The molecule has 1 aliphatic carbocycles. The molecule has 0 unspecified atom stereocenters. The van der Waals surface area contributed by atoms with Gasteiger partial charge in [-0.1, -0.05) is 66.0 Å². The Bertz CT molecular complexity index is 1240. The summed E-state index contributed by atoms with van der Waals surface area (Å²) in [6.45, 7) is 15.5. The summed E-state index contributed by atoms with van der Waals surface area (Å²) in [5.41, 5.74) is 4.55. The lowest BCUT2D eigenvalue weighted by atomic mass is 9.75. The summed E-state index contributed by atoms with van der Waals surface area (Å²) in [6.07, 6.45) is 8.11. The molecular weight excluding hydrogens is 494 g/mol. The average Bonchev–Trinajstić information content (AvgIpc) is 3.25. The lowest BCUT2D eigenvalue weighted by Crippen LogP contribution is -2.38. The molecule has 0 saturated heterocycles. The Kier molecular flexibility index (Phi) is 10.3. The third-order valence-corrected chi connectivity index (χ3v) is 9.06. The lowest BCUT2D eigenvalue weighted by Gasteiger charge is -2.37. The maximum absolute atomic E-state index is 13.8. The molecule has 3 aromatic rings. The molecule has 1 heterocycles. The molecule has 218 valence electrons. The summed E-state index contributed by atoms with van der Waals surface area (Å²) in [6, 6.07) is 16.9. The van der Waals surface area contributed by atoms with Crippen molar-refractivity contribution in [3.8, 4) is 11.4 Å². The number of nitrogens with zero attached hydrogens (tertiary/aromatic N) is 3. The van der Waals surface area contributed by atoms with Gasteiger partial charge in [-0.05, 0) is 86.8 Å². The quantitative estimate of drug-likeness (QED) is 0.170. The fourth-order valence-electron chi connectivity index (χ4n) is 6.56. The van der Waals surface area contributed by atoms with Crippen LogP contribution in [-0.2, 0) is 16.6 Å². The molecule has 4 atom stereocenters. The number of benzene rings is 2. The number of rotatable bonds is 12. The Morgan fingerprint density at radius 1 is 1.00 bits per heavy atom. The number of anilines is 1. The van der Waals surface area contributed by atoms with E-state index in [9.17, 15) is 4.79 Å². The second kappa shape index (κ2) is 13.7. The molecule has 4 rings (SSSR count). The van der Waals surface area contributed by atoms with Crippen LogP contribution in [-0.4, -0.2) is 29.7 Å². The van der Waals surface area contributed by atoms with Crippen LogP contribution in [0.3, 0.4) is 0 Å². The van der Waals surface area contributed by atoms with E-state index in [1.54, 1.807) is 0 Å². The van der Waals surface area contributed by atoms with Crippen LogP contribution in [0, 0.1) is 17.8 Å². The zero-order valence-corrected chi connectivity index (χ0v) is 26.0.